The number of hydrogen-bond acceptors (Lipinski definition) is 10. The molecule has 0 radical (unpaired) electrons. The number of carboxylic acid groups (broad SMARTS) is 1. The third kappa shape index (κ3) is 6.84. The normalized spacial score (nSPS) is 29.6. The number of ether oxygens (including phenoxy) is 2. The van der Waals surface area contributed by atoms with E-state index in [9.17, 15) is 29.7 Å². The number of hydrogen-bond donors (Lipinski definition) is 7. The first-order chi connectivity index (χ1) is 13.9. The second kappa shape index (κ2) is 11.5. The van der Waals surface area contributed by atoms with Crippen LogP contribution < -0.4 is 17.2 Å². The van der Waals surface area contributed by atoms with Crippen molar-refractivity contribution in [2.24, 2.45) is 17.2 Å². The predicted molar refractivity (Wildman–Crippen MR) is 101 cm³/mol. The monoisotopic (exact) mass is 436 g/mol. The van der Waals surface area contributed by atoms with Gasteiger partial charge in [-0.1, -0.05) is 0 Å². The number of aliphatic carboxylic acids is 1. The van der Waals surface area contributed by atoms with E-state index in [-0.39, 0.29) is 13.0 Å². The van der Waals surface area contributed by atoms with Gasteiger partial charge in [-0.3, -0.25) is 14.4 Å². The van der Waals surface area contributed by atoms with E-state index in [4.69, 9.17) is 31.8 Å². The summed E-state index contributed by atoms with van der Waals surface area (Å²) < 4.78 is 10.7. The molecule has 10 N–H and O–H groups in total. The number of aliphatic hydroxyl groups is 3. The summed E-state index contributed by atoms with van der Waals surface area (Å²) in [5, 5.41) is 38.3. The minimum absolute atomic E-state index is 0.218. The van der Waals surface area contributed by atoms with Crippen LogP contribution in [-0.2, 0) is 23.9 Å². The highest BCUT2D eigenvalue weighted by Gasteiger charge is 2.44. The maximum atomic E-state index is 12.6. The molecule has 174 valence electrons. The third-order valence-electron chi connectivity index (χ3n) is 4.77. The quantitative estimate of drug-likeness (QED) is 0.165. The van der Waals surface area contributed by atoms with Crippen molar-refractivity contribution in [2.45, 2.75) is 75.5 Å². The van der Waals surface area contributed by atoms with Gasteiger partial charge in [0.1, 0.15) is 24.4 Å². The lowest BCUT2D eigenvalue weighted by Crippen LogP contribution is -2.64. The summed E-state index contributed by atoms with van der Waals surface area (Å²) in [6.07, 6.45) is -6.62. The van der Waals surface area contributed by atoms with Crippen molar-refractivity contribution < 1.29 is 44.3 Å². The first kappa shape index (κ1) is 26.2. The average Bonchev–Trinajstić information content (AvgIpc) is 2.66. The molecule has 1 saturated heterocycles. The average molecular weight is 436 g/mol. The molecule has 30 heavy (non-hydrogen) atoms. The Morgan fingerprint density at radius 3 is 2.30 bits per heavy atom. The first-order valence-electron chi connectivity index (χ1n) is 9.51. The van der Waals surface area contributed by atoms with Gasteiger partial charge in [-0.15, -0.1) is 0 Å². The number of carboxylic acids is 1. The van der Waals surface area contributed by atoms with Gasteiger partial charge in [0.05, 0.1) is 24.8 Å². The van der Waals surface area contributed by atoms with Gasteiger partial charge in [0.25, 0.3) is 0 Å². The van der Waals surface area contributed by atoms with Gasteiger partial charge in [-0.05, 0) is 20.3 Å². The fraction of sp³-hybridized carbons (Fsp3) is 0.824. The molecule has 13 nitrogen and oxygen atoms in total. The van der Waals surface area contributed by atoms with Crippen molar-refractivity contribution in [3.8, 4) is 0 Å². The zero-order chi connectivity index (χ0) is 23.2. The van der Waals surface area contributed by atoms with Crippen LogP contribution in [0.25, 0.3) is 0 Å². The molecular weight excluding hydrogens is 404 g/mol. The lowest BCUT2D eigenvalue weighted by Gasteiger charge is -2.42. The Hall–Kier alpha value is -1.87. The number of carbonyl (C=O) groups is 3. The van der Waals surface area contributed by atoms with Crippen LogP contribution in [0.4, 0.5) is 0 Å². The predicted octanol–water partition coefficient (Wildman–Crippen LogP) is -3.95. The zero-order valence-electron chi connectivity index (χ0n) is 17.0. The second-order valence-corrected chi connectivity index (χ2v) is 7.36. The Morgan fingerprint density at radius 1 is 1.23 bits per heavy atom. The number of rotatable bonds is 11. The van der Waals surface area contributed by atoms with Gasteiger partial charge in [0.2, 0.25) is 11.8 Å². The zero-order valence-corrected chi connectivity index (χ0v) is 17.0. The Labute approximate surface area is 173 Å². The number of nitrogens with zero attached hydrogens (tertiary/aromatic N) is 1. The molecule has 8 atom stereocenters. The Balaban J connectivity index is 3.00. The number of nitrogens with two attached hydrogens (primary N) is 3. The smallest absolute Gasteiger partial charge is 0.303 e. The molecule has 0 aromatic heterocycles. The van der Waals surface area contributed by atoms with Gasteiger partial charge >= 0.3 is 5.97 Å². The molecule has 1 aliphatic heterocycles. The molecule has 0 aliphatic carbocycles. The molecule has 2 amide bonds. The van der Waals surface area contributed by atoms with E-state index < -0.39 is 79.6 Å². The SMILES string of the molecule is CC(CN(C(=O)[C@@H](C)N)[C@H](CCC(=O)O)C(N)=O)O[C@@H]1[C@@H](N)[C@@H](O)O[C@H](CO)[C@H]1O. The molecule has 0 aromatic rings. The maximum Gasteiger partial charge on any atom is 0.303 e. The van der Waals surface area contributed by atoms with E-state index >= 15 is 0 Å². The highest BCUT2D eigenvalue weighted by atomic mass is 16.6. The van der Waals surface area contributed by atoms with Gasteiger partial charge in [-0.2, -0.15) is 0 Å². The molecule has 1 unspecified atom stereocenters. The highest BCUT2D eigenvalue weighted by molar-refractivity contribution is 5.89. The van der Waals surface area contributed by atoms with Crippen LogP contribution in [0.2, 0.25) is 0 Å². The van der Waals surface area contributed by atoms with Crippen LogP contribution in [-0.4, -0.2) is 105 Å². The van der Waals surface area contributed by atoms with Crippen molar-refractivity contribution >= 4 is 17.8 Å². The van der Waals surface area contributed by atoms with Crippen molar-refractivity contribution in [3.63, 3.8) is 0 Å². The van der Waals surface area contributed by atoms with Crippen molar-refractivity contribution in [3.05, 3.63) is 0 Å². The molecule has 1 fully saturated rings. The van der Waals surface area contributed by atoms with Crippen LogP contribution >= 0.6 is 0 Å². The molecule has 0 bridgehead atoms. The molecule has 1 heterocycles. The molecular formula is C17H32N4O9. The molecule has 13 heteroatoms. The van der Waals surface area contributed by atoms with Crippen LogP contribution in [0.15, 0.2) is 0 Å². The standard InChI is InChI=1S/C17H32N4O9/c1-7(29-14-12(19)17(28)30-10(6-22)13(14)25)5-21(16(27)8(2)18)9(15(20)26)3-4-11(23)24/h7-10,12-14,17,22,25,28H,3-6,18-19H2,1-2H3,(H2,20,26)(H,23,24)/t7?,8-,9-,10-,12-,13-,14-,17+/m1/s1. The second-order valence-electron chi connectivity index (χ2n) is 7.36. The van der Waals surface area contributed by atoms with Gasteiger partial charge in [0, 0.05) is 13.0 Å². The van der Waals surface area contributed by atoms with Gasteiger partial charge < -0.3 is 52.0 Å². The fourth-order valence-electron chi connectivity index (χ4n) is 3.21. The third-order valence-corrected chi connectivity index (χ3v) is 4.77. The Bertz CT molecular complexity index is 606. The van der Waals surface area contributed by atoms with E-state index in [1.54, 1.807) is 0 Å². The van der Waals surface area contributed by atoms with Crippen molar-refractivity contribution in [2.75, 3.05) is 13.2 Å². The largest absolute Gasteiger partial charge is 0.481 e. The number of carbonyl (C=O) groups excluding carboxylic acids is 2. The summed E-state index contributed by atoms with van der Waals surface area (Å²) in [6, 6.07) is -3.39. The molecule has 0 spiro atoms. The van der Waals surface area contributed by atoms with Crippen LogP contribution in [0.1, 0.15) is 26.7 Å². The van der Waals surface area contributed by atoms with Crippen LogP contribution in [0.5, 0.6) is 0 Å². The summed E-state index contributed by atoms with van der Waals surface area (Å²) in [7, 11) is 0. The van der Waals surface area contributed by atoms with Crippen molar-refractivity contribution in [1.29, 1.82) is 0 Å². The maximum absolute atomic E-state index is 12.6. The van der Waals surface area contributed by atoms with Crippen LogP contribution in [0.3, 0.4) is 0 Å². The summed E-state index contributed by atoms with van der Waals surface area (Å²) in [5.74, 6) is -2.72. The van der Waals surface area contributed by atoms with Crippen molar-refractivity contribution in [1.82, 2.24) is 4.90 Å². The van der Waals surface area contributed by atoms with E-state index in [0.717, 1.165) is 4.90 Å². The van der Waals surface area contributed by atoms with E-state index in [1.165, 1.54) is 13.8 Å². The molecule has 1 aliphatic rings. The fourth-order valence-corrected chi connectivity index (χ4v) is 3.21. The number of amides is 2. The topological polar surface area (TPSA) is 232 Å². The molecule has 0 aromatic carbocycles. The highest BCUT2D eigenvalue weighted by Crippen LogP contribution is 2.23. The first-order valence-corrected chi connectivity index (χ1v) is 9.51. The minimum Gasteiger partial charge on any atom is -0.481 e. The lowest BCUT2D eigenvalue weighted by atomic mass is 9.97. The van der Waals surface area contributed by atoms with E-state index in [0.29, 0.717) is 0 Å². The number of aliphatic hydroxyl groups excluding tert-OH is 3. The Kier molecular flexibility index (Phi) is 10.0. The van der Waals surface area contributed by atoms with E-state index in [1.807, 2.05) is 0 Å². The summed E-state index contributed by atoms with van der Waals surface area (Å²) in [5.41, 5.74) is 16.9. The lowest BCUT2D eigenvalue weighted by molar-refractivity contribution is -0.263. The Morgan fingerprint density at radius 2 is 1.83 bits per heavy atom. The summed E-state index contributed by atoms with van der Waals surface area (Å²) >= 11 is 0. The number of primary amides is 1. The minimum atomic E-state index is -1.50. The molecule has 1 rings (SSSR count). The summed E-state index contributed by atoms with van der Waals surface area (Å²) in [6.45, 7) is 2.11. The van der Waals surface area contributed by atoms with Gasteiger partial charge in [-0.25, -0.2) is 0 Å². The van der Waals surface area contributed by atoms with E-state index in [2.05, 4.69) is 0 Å². The van der Waals surface area contributed by atoms with Gasteiger partial charge in [0.15, 0.2) is 6.29 Å². The molecule has 0 saturated carbocycles. The summed E-state index contributed by atoms with van der Waals surface area (Å²) in [4.78, 5) is 36.4. The van der Waals surface area contributed by atoms with Crippen LogP contribution in [0, 0.1) is 0 Å².